The van der Waals surface area contributed by atoms with E-state index in [2.05, 4.69) is 39.0 Å². The van der Waals surface area contributed by atoms with E-state index in [-0.39, 0.29) is 5.38 Å². The Bertz CT molecular complexity index is 522. The summed E-state index contributed by atoms with van der Waals surface area (Å²) >= 11 is 12.7. The third-order valence-electron chi connectivity index (χ3n) is 3.22. The van der Waals surface area contributed by atoms with Crippen molar-refractivity contribution in [3.63, 3.8) is 0 Å². The Morgan fingerprint density at radius 2 is 1.39 bits per heavy atom. The molecule has 0 N–H and O–H groups in total. The van der Waals surface area contributed by atoms with Gasteiger partial charge in [-0.2, -0.15) is 0 Å². The average molecular weight is 279 g/mol. The van der Waals surface area contributed by atoms with Crippen LogP contribution in [0, 0.1) is 20.8 Å². The average Bonchev–Trinajstić information content (AvgIpc) is 2.34. The molecule has 0 aliphatic rings. The zero-order valence-corrected chi connectivity index (χ0v) is 12.3. The van der Waals surface area contributed by atoms with E-state index in [4.69, 9.17) is 23.2 Å². The van der Waals surface area contributed by atoms with Crippen LogP contribution >= 0.6 is 23.2 Å². The lowest BCUT2D eigenvalue weighted by molar-refractivity contribution is 1.08. The van der Waals surface area contributed by atoms with Crippen molar-refractivity contribution in [1.82, 2.24) is 0 Å². The Kier molecular flexibility index (Phi) is 3.99. The molecule has 94 valence electrons. The first-order chi connectivity index (χ1) is 8.49. The van der Waals surface area contributed by atoms with E-state index in [0.717, 1.165) is 16.1 Å². The molecule has 0 saturated heterocycles. The molecule has 0 saturated carbocycles. The first-order valence-corrected chi connectivity index (χ1v) is 6.78. The number of hydrogen-bond acceptors (Lipinski definition) is 0. The van der Waals surface area contributed by atoms with E-state index >= 15 is 0 Å². The summed E-state index contributed by atoms with van der Waals surface area (Å²) in [5, 5.41) is 0.579. The van der Waals surface area contributed by atoms with Crippen molar-refractivity contribution in [2.45, 2.75) is 26.1 Å². The van der Waals surface area contributed by atoms with Crippen molar-refractivity contribution in [2.75, 3.05) is 0 Å². The summed E-state index contributed by atoms with van der Waals surface area (Å²) < 4.78 is 0. The highest BCUT2D eigenvalue weighted by Crippen LogP contribution is 2.34. The molecular formula is C16H16Cl2. The van der Waals surface area contributed by atoms with Crippen LogP contribution < -0.4 is 0 Å². The highest BCUT2D eigenvalue weighted by Gasteiger charge is 2.15. The zero-order chi connectivity index (χ0) is 13.3. The Balaban J connectivity index is 2.50. The van der Waals surface area contributed by atoms with Gasteiger partial charge in [-0.25, -0.2) is 0 Å². The molecular weight excluding hydrogens is 263 g/mol. The minimum atomic E-state index is -0.149. The van der Waals surface area contributed by atoms with Crippen molar-refractivity contribution >= 4 is 23.2 Å². The van der Waals surface area contributed by atoms with E-state index in [1.54, 1.807) is 0 Å². The largest absolute Gasteiger partial charge is 0.113 e. The molecule has 0 bridgehead atoms. The van der Waals surface area contributed by atoms with Crippen molar-refractivity contribution in [1.29, 1.82) is 0 Å². The first kappa shape index (κ1) is 13.5. The Morgan fingerprint density at radius 1 is 0.833 bits per heavy atom. The minimum absolute atomic E-state index is 0.149. The van der Waals surface area contributed by atoms with Crippen LogP contribution in [-0.4, -0.2) is 0 Å². The molecule has 0 amide bonds. The van der Waals surface area contributed by atoms with Crippen LogP contribution in [-0.2, 0) is 0 Å². The van der Waals surface area contributed by atoms with Gasteiger partial charge in [0.2, 0.25) is 0 Å². The molecule has 0 heterocycles. The third-order valence-corrected chi connectivity index (χ3v) is 3.93. The van der Waals surface area contributed by atoms with Gasteiger partial charge < -0.3 is 0 Å². The van der Waals surface area contributed by atoms with E-state index in [0.29, 0.717) is 0 Å². The van der Waals surface area contributed by atoms with Gasteiger partial charge >= 0.3 is 0 Å². The smallest absolute Gasteiger partial charge is 0.0841 e. The van der Waals surface area contributed by atoms with Gasteiger partial charge in [0.1, 0.15) is 0 Å². The van der Waals surface area contributed by atoms with E-state index in [1.165, 1.54) is 16.7 Å². The summed E-state index contributed by atoms with van der Waals surface area (Å²) in [6, 6.07) is 12.2. The van der Waals surface area contributed by atoms with Crippen LogP contribution in [0.15, 0.2) is 36.4 Å². The third kappa shape index (κ3) is 2.71. The van der Waals surface area contributed by atoms with Crippen LogP contribution in [0.5, 0.6) is 0 Å². The van der Waals surface area contributed by atoms with Gasteiger partial charge in [-0.1, -0.05) is 41.4 Å². The summed E-state index contributed by atoms with van der Waals surface area (Å²) in [6.07, 6.45) is 0. The minimum Gasteiger partial charge on any atom is -0.113 e. The fourth-order valence-corrected chi connectivity index (χ4v) is 2.74. The number of aryl methyl sites for hydroxylation is 3. The highest BCUT2D eigenvalue weighted by atomic mass is 35.5. The number of benzene rings is 2. The molecule has 2 rings (SSSR count). The molecule has 18 heavy (non-hydrogen) atoms. The number of rotatable bonds is 2. The second-order valence-electron chi connectivity index (χ2n) is 4.72. The SMILES string of the molecule is Cc1ccc(C)c(C(Cl)c2cc(Cl)ccc2C)c1. The molecule has 2 aromatic rings. The fourth-order valence-electron chi connectivity index (χ4n) is 2.08. The molecule has 0 aromatic heterocycles. The van der Waals surface area contributed by atoms with Gasteiger partial charge in [-0.05, 0) is 55.2 Å². The van der Waals surface area contributed by atoms with Crippen LogP contribution in [0.2, 0.25) is 5.02 Å². The molecule has 0 aliphatic carbocycles. The van der Waals surface area contributed by atoms with Crippen LogP contribution in [0.25, 0.3) is 0 Å². The topological polar surface area (TPSA) is 0 Å². The normalized spacial score (nSPS) is 12.5. The van der Waals surface area contributed by atoms with Gasteiger partial charge in [-0.3, -0.25) is 0 Å². The van der Waals surface area contributed by atoms with E-state index in [9.17, 15) is 0 Å². The zero-order valence-electron chi connectivity index (χ0n) is 10.8. The number of hydrogen-bond donors (Lipinski definition) is 0. The van der Waals surface area contributed by atoms with Crippen LogP contribution in [0.3, 0.4) is 0 Å². The lowest BCUT2D eigenvalue weighted by Crippen LogP contribution is -1.99. The van der Waals surface area contributed by atoms with Crippen molar-refractivity contribution in [3.8, 4) is 0 Å². The summed E-state index contributed by atoms with van der Waals surface area (Å²) in [5.74, 6) is 0. The maximum Gasteiger partial charge on any atom is 0.0841 e. The fraction of sp³-hybridized carbons (Fsp3) is 0.250. The van der Waals surface area contributed by atoms with Crippen molar-refractivity contribution in [3.05, 3.63) is 69.2 Å². The lowest BCUT2D eigenvalue weighted by atomic mass is 9.95. The van der Waals surface area contributed by atoms with E-state index < -0.39 is 0 Å². The number of alkyl halides is 1. The molecule has 0 aliphatic heterocycles. The summed E-state index contributed by atoms with van der Waals surface area (Å²) in [6.45, 7) is 6.23. The predicted octanol–water partition coefficient (Wildman–Crippen LogP) is 5.59. The van der Waals surface area contributed by atoms with Gasteiger partial charge in [-0.15, -0.1) is 11.6 Å². The van der Waals surface area contributed by atoms with Crippen molar-refractivity contribution < 1.29 is 0 Å². The summed E-state index contributed by atoms with van der Waals surface area (Å²) in [7, 11) is 0. The first-order valence-electron chi connectivity index (χ1n) is 5.96. The molecule has 2 heteroatoms. The van der Waals surface area contributed by atoms with Gasteiger partial charge in [0.05, 0.1) is 5.38 Å². The van der Waals surface area contributed by atoms with Gasteiger partial charge in [0, 0.05) is 5.02 Å². The quantitative estimate of drug-likeness (QED) is 0.628. The lowest BCUT2D eigenvalue weighted by Gasteiger charge is -2.16. The second-order valence-corrected chi connectivity index (χ2v) is 5.60. The summed E-state index contributed by atoms with van der Waals surface area (Å²) in [4.78, 5) is 0. The molecule has 2 aromatic carbocycles. The maximum absolute atomic E-state index is 6.63. The van der Waals surface area contributed by atoms with Crippen LogP contribution in [0.4, 0.5) is 0 Å². The monoisotopic (exact) mass is 278 g/mol. The standard InChI is InChI=1S/C16H16Cl2/c1-10-4-5-11(2)14(8-10)16(18)15-9-13(17)7-6-12(15)3/h4-9,16H,1-3H3. The Hall–Kier alpha value is -0.980. The van der Waals surface area contributed by atoms with Crippen molar-refractivity contribution in [2.24, 2.45) is 0 Å². The second kappa shape index (κ2) is 5.34. The molecule has 1 unspecified atom stereocenters. The molecule has 0 fully saturated rings. The maximum atomic E-state index is 6.63. The van der Waals surface area contributed by atoms with Gasteiger partial charge in [0.25, 0.3) is 0 Å². The number of halogens is 2. The Morgan fingerprint density at radius 3 is 2.06 bits per heavy atom. The molecule has 0 radical (unpaired) electrons. The highest BCUT2D eigenvalue weighted by molar-refractivity contribution is 6.31. The van der Waals surface area contributed by atoms with Crippen LogP contribution in [0.1, 0.15) is 33.2 Å². The molecule has 0 spiro atoms. The van der Waals surface area contributed by atoms with Gasteiger partial charge in [0.15, 0.2) is 0 Å². The predicted molar refractivity (Wildman–Crippen MR) is 79.8 cm³/mol. The molecule has 1 atom stereocenters. The van der Waals surface area contributed by atoms with E-state index in [1.807, 2.05) is 18.2 Å². The summed E-state index contributed by atoms with van der Waals surface area (Å²) in [5.41, 5.74) is 5.83. The Labute approximate surface area is 119 Å². The molecule has 0 nitrogen and oxygen atoms in total.